The predicted octanol–water partition coefficient (Wildman–Crippen LogP) is 1.65. The van der Waals surface area contributed by atoms with Crippen LogP contribution >= 0.6 is 0 Å². The molecule has 0 radical (unpaired) electrons. The molecule has 0 saturated heterocycles. The van der Waals surface area contributed by atoms with E-state index in [9.17, 15) is 4.79 Å². The summed E-state index contributed by atoms with van der Waals surface area (Å²) >= 11 is 0. The molecular weight excluding hydrogens is 208 g/mol. The Hall–Kier alpha value is -2.17. The number of carbonyl (C=O) groups is 1. The van der Waals surface area contributed by atoms with Crippen LogP contribution in [-0.4, -0.2) is 28.2 Å². The van der Waals surface area contributed by atoms with E-state index >= 15 is 0 Å². The molecule has 2 rings (SSSR count). The van der Waals surface area contributed by atoms with Crippen LogP contribution in [0.5, 0.6) is 5.75 Å². The Morgan fingerprint density at radius 1 is 1.38 bits per heavy atom. The maximum atomic E-state index is 10.8. The van der Waals surface area contributed by atoms with Gasteiger partial charge in [-0.3, -0.25) is 0 Å². The number of ether oxygens (including phenoxy) is 1. The van der Waals surface area contributed by atoms with Crippen LogP contribution in [0.2, 0.25) is 0 Å². The van der Waals surface area contributed by atoms with Crippen molar-refractivity contribution >= 4 is 16.9 Å². The van der Waals surface area contributed by atoms with Gasteiger partial charge in [-0.15, -0.1) is 0 Å². The molecule has 16 heavy (non-hydrogen) atoms. The number of hydrogen-bond donors (Lipinski definition) is 1. The third-order valence-corrected chi connectivity index (χ3v) is 2.28. The van der Waals surface area contributed by atoms with Crippen molar-refractivity contribution in [1.29, 1.82) is 0 Å². The molecule has 0 aliphatic heterocycles. The molecule has 0 spiro atoms. The first-order valence-electron chi connectivity index (χ1n) is 4.67. The van der Waals surface area contributed by atoms with Gasteiger partial charge >= 0.3 is 5.97 Å². The third-order valence-electron chi connectivity index (χ3n) is 2.28. The fourth-order valence-electron chi connectivity index (χ4n) is 1.48. The van der Waals surface area contributed by atoms with Crippen LogP contribution < -0.4 is 4.74 Å². The van der Waals surface area contributed by atoms with Gasteiger partial charge in [0.05, 0.1) is 12.6 Å². The van der Waals surface area contributed by atoms with Crippen LogP contribution in [0.1, 0.15) is 16.3 Å². The van der Waals surface area contributed by atoms with Crippen molar-refractivity contribution < 1.29 is 14.6 Å². The van der Waals surface area contributed by atoms with Crippen molar-refractivity contribution in [1.82, 2.24) is 9.97 Å². The van der Waals surface area contributed by atoms with Crippen LogP contribution in [0.4, 0.5) is 0 Å². The molecule has 1 N–H and O–H groups in total. The van der Waals surface area contributed by atoms with E-state index in [1.807, 2.05) is 0 Å². The number of nitrogens with zero attached hydrogens (tertiary/aromatic N) is 2. The number of methoxy groups -OCH3 is 1. The number of benzene rings is 1. The number of hydrogen-bond acceptors (Lipinski definition) is 4. The highest BCUT2D eigenvalue weighted by Crippen LogP contribution is 2.21. The van der Waals surface area contributed by atoms with Crippen molar-refractivity contribution in [2.24, 2.45) is 0 Å². The molecule has 0 aliphatic rings. The van der Waals surface area contributed by atoms with E-state index in [0.717, 1.165) is 5.39 Å². The van der Waals surface area contributed by atoms with Gasteiger partial charge in [-0.2, -0.15) is 0 Å². The Kier molecular flexibility index (Phi) is 2.44. The highest BCUT2D eigenvalue weighted by Gasteiger charge is 2.10. The van der Waals surface area contributed by atoms with Gasteiger partial charge in [-0.1, -0.05) is 0 Å². The Morgan fingerprint density at radius 2 is 2.12 bits per heavy atom. The number of carboxylic acid groups (broad SMARTS) is 1. The first kappa shape index (κ1) is 10.4. The smallest absolute Gasteiger partial charge is 0.373 e. The molecule has 0 amide bonds. The lowest BCUT2D eigenvalue weighted by Crippen LogP contribution is -2.05. The van der Waals surface area contributed by atoms with Crippen LogP contribution in [-0.2, 0) is 0 Å². The van der Waals surface area contributed by atoms with E-state index in [0.29, 0.717) is 17.0 Å². The van der Waals surface area contributed by atoms with Crippen molar-refractivity contribution in [3.8, 4) is 5.75 Å². The maximum absolute atomic E-state index is 10.8. The summed E-state index contributed by atoms with van der Waals surface area (Å²) in [4.78, 5) is 18.6. The second kappa shape index (κ2) is 3.77. The fraction of sp³-hybridized carbons (Fsp3) is 0.182. The fourth-order valence-corrected chi connectivity index (χ4v) is 1.48. The van der Waals surface area contributed by atoms with Gasteiger partial charge in [0.25, 0.3) is 0 Å². The Labute approximate surface area is 91.7 Å². The summed E-state index contributed by atoms with van der Waals surface area (Å²) in [5, 5.41) is 9.62. The Morgan fingerprint density at radius 3 is 2.75 bits per heavy atom. The zero-order valence-electron chi connectivity index (χ0n) is 8.89. The van der Waals surface area contributed by atoms with Crippen molar-refractivity contribution in [2.45, 2.75) is 6.92 Å². The SMILES string of the molecule is COc1ccc2nc(C(=O)O)nc(C)c2c1. The number of rotatable bonds is 2. The van der Waals surface area contributed by atoms with E-state index in [-0.39, 0.29) is 5.82 Å². The molecule has 1 aromatic heterocycles. The minimum Gasteiger partial charge on any atom is -0.497 e. The quantitative estimate of drug-likeness (QED) is 0.829. The van der Waals surface area contributed by atoms with Gasteiger partial charge in [0.1, 0.15) is 5.75 Å². The summed E-state index contributed by atoms with van der Waals surface area (Å²) in [5.74, 6) is -0.613. The molecule has 1 heterocycles. The van der Waals surface area contributed by atoms with Crippen LogP contribution in [0.3, 0.4) is 0 Å². The number of aromatic carboxylic acids is 1. The molecular formula is C11H10N2O3. The van der Waals surface area contributed by atoms with Crippen LogP contribution in [0.25, 0.3) is 10.9 Å². The summed E-state index contributed by atoms with van der Waals surface area (Å²) in [6, 6.07) is 5.24. The average molecular weight is 218 g/mol. The van der Waals surface area contributed by atoms with E-state index in [1.54, 1.807) is 32.2 Å². The summed E-state index contributed by atoms with van der Waals surface area (Å²) in [6.45, 7) is 1.75. The van der Waals surface area contributed by atoms with Crippen LogP contribution in [0, 0.1) is 6.92 Å². The molecule has 5 heteroatoms. The number of aryl methyl sites for hydroxylation is 1. The molecule has 5 nitrogen and oxygen atoms in total. The first-order valence-corrected chi connectivity index (χ1v) is 4.67. The van der Waals surface area contributed by atoms with E-state index in [4.69, 9.17) is 9.84 Å². The highest BCUT2D eigenvalue weighted by molar-refractivity contribution is 5.89. The maximum Gasteiger partial charge on any atom is 0.373 e. The summed E-state index contributed by atoms with van der Waals surface area (Å²) in [5.41, 5.74) is 1.23. The van der Waals surface area contributed by atoms with Crippen molar-refractivity contribution in [3.63, 3.8) is 0 Å². The minimum absolute atomic E-state index is 0.185. The molecule has 82 valence electrons. The van der Waals surface area contributed by atoms with Gasteiger partial charge in [-0.25, -0.2) is 14.8 Å². The molecule has 0 aliphatic carbocycles. The highest BCUT2D eigenvalue weighted by atomic mass is 16.5. The lowest BCUT2D eigenvalue weighted by atomic mass is 10.2. The van der Waals surface area contributed by atoms with Gasteiger partial charge in [-0.05, 0) is 25.1 Å². The van der Waals surface area contributed by atoms with Crippen molar-refractivity contribution in [3.05, 3.63) is 29.7 Å². The summed E-state index contributed by atoms with van der Waals surface area (Å²) in [6.07, 6.45) is 0. The molecule has 0 fully saturated rings. The third kappa shape index (κ3) is 1.67. The standard InChI is InChI=1S/C11H10N2O3/c1-6-8-5-7(16-2)3-4-9(8)13-10(12-6)11(14)15/h3-5H,1-2H3,(H,14,15). The van der Waals surface area contributed by atoms with E-state index < -0.39 is 5.97 Å². The average Bonchev–Trinajstić information content (AvgIpc) is 2.28. The number of aromatic nitrogens is 2. The number of fused-ring (bicyclic) bond motifs is 1. The largest absolute Gasteiger partial charge is 0.497 e. The first-order chi connectivity index (χ1) is 7.61. The van der Waals surface area contributed by atoms with E-state index in [2.05, 4.69) is 9.97 Å². The number of carboxylic acids is 1. The summed E-state index contributed by atoms with van der Waals surface area (Å²) < 4.78 is 5.08. The van der Waals surface area contributed by atoms with Gasteiger partial charge in [0.15, 0.2) is 0 Å². The van der Waals surface area contributed by atoms with Gasteiger partial charge in [0.2, 0.25) is 5.82 Å². The lowest BCUT2D eigenvalue weighted by molar-refractivity contribution is 0.0683. The predicted molar refractivity (Wildman–Crippen MR) is 57.8 cm³/mol. The molecule has 0 bridgehead atoms. The van der Waals surface area contributed by atoms with Crippen LogP contribution in [0.15, 0.2) is 18.2 Å². The van der Waals surface area contributed by atoms with Gasteiger partial charge < -0.3 is 9.84 Å². The zero-order chi connectivity index (χ0) is 11.7. The zero-order valence-corrected chi connectivity index (χ0v) is 8.89. The second-order valence-corrected chi connectivity index (χ2v) is 3.32. The molecule has 0 saturated carbocycles. The monoisotopic (exact) mass is 218 g/mol. The lowest BCUT2D eigenvalue weighted by Gasteiger charge is -2.05. The van der Waals surface area contributed by atoms with Crippen molar-refractivity contribution in [2.75, 3.05) is 7.11 Å². The molecule has 0 atom stereocenters. The van der Waals surface area contributed by atoms with Gasteiger partial charge in [0, 0.05) is 11.1 Å². The Balaban J connectivity index is 2.71. The second-order valence-electron chi connectivity index (χ2n) is 3.32. The van der Waals surface area contributed by atoms with E-state index in [1.165, 1.54) is 0 Å². The topological polar surface area (TPSA) is 72.3 Å². The molecule has 1 aromatic carbocycles. The molecule has 0 unspecified atom stereocenters. The Bertz CT molecular complexity index is 566. The molecule has 2 aromatic rings. The normalized spacial score (nSPS) is 10.4. The minimum atomic E-state index is -1.12. The summed E-state index contributed by atoms with van der Waals surface area (Å²) in [7, 11) is 1.57.